The van der Waals surface area contributed by atoms with Crippen molar-refractivity contribution in [3.8, 4) is 0 Å². The molecule has 39 heavy (non-hydrogen) atoms. The Morgan fingerprint density at radius 3 is 2.54 bits per heavy atom. The van der Waals surface area contributed by atoms with Gasteiger partial charge in [0.15, 0.2) is 0 Å². The minimum absolute atomic E-state index is 0.00167. The maximum absolute atomic E-state index is 12.7. The first-order valence-corrected chi connectivity index (χ1v) is 14.7. The van der Waals surface area contributed by atoms with Crippen LogP contribution in [0.15, 0.2) is 40.5 Å². The van der Waals surface area contributed by atoms with Gasteiger partial charge in [-0.25, -0.2) is 14.8 Å². The number of alkyl carbamates (subject to hydrolysis) is 1. The van der Waals surface area contributed by atoms with E-state index in [-0.39, 0.29) is 23.3 Å². The molecule has 2 aliphatic heterocycles. The molecule has 3 heterocycles. The zero-order valence-electron chi connectivity index (χ0n) is 23.2. The molecule has 0 unspecified atom stereocenters. The molecule has 0 radical (unpaired) electrons. The highest BCUT2D eigenvalue weighted by Crippen LogP contribution is 2.37. The quantitative estimate of drug-likeness (QED) is 0.406. The Morgan fingerprint density at radius 1 is 1.18 bits per heavy atom. The van der Waals surface area contributed by atoms with Crippen LogP contribution in [-0.4, -0.2) is 60.3 Å². The summed E-state index contributed by atoms with van der Waals surface area (Å²) >= 11 is 8.08. The monoisotopic (exact) mass is 574 g/mol. The number of nitrogens with one attached hydrogen (secondary N) is 3. The number of halogens is 1. The van der Waals surface area contributed by atoms with Crippen molar-refractivity contribution >= 4 is 46.9 Å². The van der Waals surface area contributed by atoms with Gasteiger partial charge in [-0.2, -0.15) is 0 Å². The van der Waals surface area contributed by atoms with E-state index in [9.17, 15) is 9.59 Å². The van der Waals surface area contributed by atoms with E-state index in [0.29, 0.717) is 17.3 Å². The number of nitrogens with zero attached hydrogens (tertiary/aromatic N) is 3. The average Bonchev–Trinajstić information content (AvgIpc) is 2.90. The van der Waals surface area contributed by atoms with E-state index in [2.05, 4.69) is 37.7 Å². The van der Waals surface area contributed by atoms with Crippen molar-refractivity contribution in [2.45, 2.75) is 68.9 Å². The maximum Gasteiger partial charge on any atom is 0.407 e. The fourth-order valence-electron chi connectivity index (χ4n) is 4.70. The van der Waals surface area contributed by atoms with Gasteiger partial charge >= 0.3 is 6.09 Å². The Labute approximate surface area is 240 Å². The molecule has 0 aliphatic carbocycles. The molecule has 2 aliphatic rings. The second kappa shape index (κ2) is 12.7. The van der Waals surface area contributed by atoms with Gasteiger partial charge in [0.05, 0.1) is 23.1 Å². The van der Waals surface area contributed by atoms with E-state index >= 15 is 0 Å². The molecular weight excluding hydrogens is 536 g/mol. The molecule has 2 saturated heterocycles. The summed E-state index contributed by atoms with van der Waals surface area (Å²) in [4.78, 5) is 37.0. The Balaban J connectivity index is 1.29. The van der Waals surface area contributed by atoms with Crippen LogP contribution < -0.4 is 20.9 Å². The van der Waals surface area contributed by atoms with E-state index in [1.165, 1.54) is 11.8 Å². The Bertz CT molecular complexity index is 1140. The number of aromatic nitrogens is 2. The molecule has 2 aromatic rings. The van der Waals surface area contributed by atoms with Gasteiger partial charge in [0.2, 0.25) is 5.91 Å². The van der Waals surface area contributed by atoms with Crippen LogP contribution in [0, 0.1) is 11.3 Å². The third kappa shape index (κ3) is 8.46. The molecule has 9 nitrogen and oxygen atoms in total. The molecule has 2 amide bonds. The summed E-state index contributed by atoms with van der Waals surface area (Å²) in [5.74, 6) is 0.851. The van der Waals surface area contributed by atoms with Gasteiger partial charge in [-0.05, 0) is 77.1 Å². The summed E-state index contributed by atoms with van der Waals surface area (Å²) < 4.78 is 5.36. The number of amides is 2. The molecule has 0 spiro atoms. The van der Waals surface area contributed by atoms with Crippen molar-refractivity contribution in [3.05, 3.63) is 35.6 Å². The van der Waals surface area contributed by atoms with Gasteiger partial charge in [-0.1, -0.05) is 36.4 Å². The summed E-state index contributed by atoms with van der Waals surface area (Å²) in [6, 6.07) is 5.63. The minimum Gasteiger partial charge on any atom is -0.444 e. The van der Waals surface area contributed by atoms with Crippen LogP contribution in [0.25, 0.3) is 0 Å². The van der Waals surface area contributed by atoms with Crippen molar-refractivity contribution in [1.82, 2.24) is 20.6 Å². The summed E-state index contributed by atoms with van der Waals surface area (Å²) in [6.07, 6.45) is 6.69. The molecule has 1 aromatic carbocycles. The van der Waals surface area contributed by atoms with Crippen LogP contribution in [0.1, 0.15) is 53.4 Å². The largest absolute Gasteiger partial charge is 0.444 e. The number of benzene rings is 1. The van der Waals surface area contributed by atoms with Crippen LogP contribution in [-0.2, 0) is 9.53 Å². The first kappa shape index (κ1) is 29.4. The van der Waals surface area contributed by atoms with Crippen molar-refractivity contribution in [1.29, 1.82) is 0 Å². The number of rotatable bonds is 7. The number of hydrogen-bond donors (Lipinski definition) is 3. The van der Waals surface area contributed by atoms with Crippen molar-refractivity contribution in [3.63, 3.8) is 0 Å². The zero-order valence-corrected chi connectivity index (χ0v) is 24.8. The van der Waals surface area contributed by atoms with Gasteiger partial charge < -0.3 is 25.6 Å². The van der Waals surface area contributed by atoms with Crippen LogP contribution in [0.3, 0.4) is 0 Å². The second-order valence-electron chi connectivity index (χ2n) is 11.6. The number of ether oxygens (including phenoxy) is 1. The lowest BCUT2D eigenvalue weighted by atomic mass is 9.80. The van der Waals surface area contributed by atoms with E-state index in [0.717, 1.165) is 67.6 Å². The molecule has 3 N–H and O–H groups in total. The third-order valence-corrected chi connectivity index (χ3v) is 8.61. The Hall–Kier alpha value is -2.56. The molecule has 0 atom stereocenters. The van der Waals surface area contributed by atoms with Gasteiger partial charge in [-0.3, -0.25) is 4.79 Å². The van der Waals surface area contributed by atoms with Gasteiger partial charge in [0, 0.05) is 30.4 Å². The van der Waals surface area contributed by atoms with Crippen molar-refractivity contribution in [2.75, 3.05) is 42.9 Å². The van der Waals surface area contributed by atoms with Crippen LogP contribution in [0.2, 0.25) is 5.02 Å². The molecule has 2 fully saturated rings. The van der Waals surface area contributed by atoms with Crippen LogP contribution >= 0.6 is 23.4 Å². The normalized spacial score (nSPS) is 17.9. The first-order valence-electron chi connectivity index (χ1n) is 13.5. The van der Waals surface area contributed by atoms with E-state index in [4.69, 9.17) is 16.3 Å². The van der Waals surface area contributed by atoms with E-state index in [1.807, 2.05) is 39.0 Å². The molecule has 212 valence electrons. The lowest BCUT2D eigenvalue weighted by molar-refractivity contribution is -0.120. The lowest BCUT2D eigenvalue weighted by Gasteiger charge is -2.40. The summed E-state index contributed by atoms with van der Waals surface area (Å²) in [7, 11) is 0. The standard InChI is InChI=1S/C28H39ClN6O3S/c1-27(2,3)38-26(37)33-18-28(4)10-14-35(15-11-28)22-16-32-23(17-31-22)39-21-7-5-6-20(24(21)29)34-25(36)19-8-12-30-13-9-19/h5-7,16-17,19,30H,8-15,18H2,1-4H3,(H,33,37)(H,34,36). The predicted octanol–water partition coefficient (Wildman–Crippen LogP) is 5.35. The Kier molecular flexibility index (Phi) is 9.61. The van der Waals surface area contributed by atoms with E-state index in [1.54, 1.807) is 12.4 Å². The summed E-state index contributed by atoms with van der Waals surface area (Å²) in [5, 5.41) is 10.4. The fourth-order valence-corrected chi connectivity index (χ4v) is 5.77. The summed E-state index contributed by atoms with van der Waals surface area (Å²) in [5.41, 5.74) is 0.114. The number of anilines is 2. The molecular formula is C28H39ClN6O3S. The SMILES string of the molecule is CC1(CNC(=O)OC(C)(C)C)CCN(c2cnc(Sc3cccc(NC(=O)C4CCNCC4)c3Cl)cn2)CC1. The van der Waals surface area contributed by atoms with Crippen LogP contribution in [0.5, 0.6) is 0 Å². The highest BCUT2D eigenvalue weighted by atomic mass is 35.5. The van der Waals surface area contributed by atoms with Crippen molar-refractivity contribution in [2.24, 2.45) is 11.3 Å². The number of hydrogen-bond acceptors (Lipinski definition) is 8. The smallest absolute Gasteiger partial charge is 0.407 e. The maximum atomic E-state index is 12.7. The lowest BCUT2D eigenvalue weighted by Crippen LogP contribution is -2.45. The number of piperidine rings is 2. The average molecular weight is 575 g/mol. The molecule has 4 rings (SSSR count). The van der Waals surface area contributed by atoms with E-state index < -0.39 is 5.60 Å². The first-order chi connectivity index (χ1) is 18.5. The fraction of sp³-hybridized carbons (Fsp3) is 0.571. The minimum atomic E-state index is -0.506. The third-order valence-electron chi connectivity index (χ3n) is 7.11. The topological polar surface area (TPSA) is 108 Å². The molecule has 11 heteroatoms. The predicted molar refractivity (Wildman–Crippen MR) is 156 cm³/mol. The molecule has 0 bridgehead atoms. The second-order valence-corrected chi connectivity index (χ2v) is 13.0. The molecule has 1 aromatic heterocycles. The summed E-state index contributed by atoms with van der Waals surface area (Å²) in [6.45, 7) is 11.7. The number of carbonyl (C=O) groups is 2. The zero-order chi connectivity index (χ0) is 28.0. The highest BCUT2D eigenvalue weighted by molar-refractivity contribution is 7.99. The highest BCUT2D eigenvalue weighted by Gasteiger charge is 2.32. The molecule has 0 saturated carbocycles. The van der Waals surface area contributed by atoms with Crippen LogP contribution in [0.4, 0.5) is 16.3 Å². The van der Waals surface area contributed by atoms with Gasteiger partial charge in [-0.15, -0.1) is 0 Å². The van der Waals surface area contributed by atoms with Crippen molar-refractivity contribution < 1.29 is 14.3 Å². The van der Waals surface area contributed by atoms with Gasteiger partial charge in [0.25, 0.3) is 0 Å². The number of carbonyl (C=O) groups excluding carboxylic acids is 2. The Morgan fingerprint density at radius 2 is 1.90 bits per heavy atom. The van der Waals surface area contributed by atoms with Gasteiger partial charge in [0.1, 0.15) is 16.4 Å².